The number of aromatic nitrogens is 1. The maximum absolute atomic E-state index is 11.7. The summed E-state index contributed by atoms with van der Waals surface area (Å²) in [6, 6.07) is 0.461. The van der Waals surface area contributed by atoms with E-state index in [0.717, 1.165) is 24.4 Å². The first kappa shape index (κ1) is 11.2. The highest BCUT2D eigenvalue weighted by Gasteiger charge is 2.28. The van der Waals surface area contributed by atoms with Crippen LogP contribution in [0.1, 0.15) is 30.1 Å². The standard InChI is InChI=1S/C10H16N4OS/c1-6-4-3-5-14(6)10-7(9(15)12-2)8(11)13-16-10/h6H,3-5H2,1-2H3,(H2,11,13)(H,12,15). The predicted molar refractivity (Wildman–Crippen MR) is 66.0 cm³/mol. The molecular weight excluding hydrogens is 224 g/mol. The van der Waals surface area contributed by atoms with Crippen molar-refractivity contribution in [2.24, 2.45) is 0 Å². The van der Waals surface area contributed by atoms with Gasteiger partial charge in [0.15, 0.2) is 5.82 Å². The van der Waals surface area contributed by atoms with Gasteiger partial charge in [-0.2, -0.15) is 4.37 Å². The van der Waals surface area contributed by atoms with Crippen molar-refractivity contribution in [1.82, 2.24) is 9.69 Å². The number of nitrogens with one attached hydrogen (secondary N) is 1. The fourth-order valence-electron chi connectivity index (χ4n) is 2.06. The number of carbonyl (C=O) groups excluding carboxylic acids is 1. The molecule has 0 aromatic carbocycles. The topological polar surface area (TPSA) is 71.2 Å². The van der Waals surface area contributed by atoms with Gasteiger partial charge in [0.25, 0.3) is 5.91 Å². The number of hydrogen-bond acceptors (Lipinski definition) is 5. The van der Waals surface area contributed by atoms with Gasteiger partial charge in [0.05, 0.1) is 0 Å². The number of amides is 1. The van der Waals surface area contributed by atoms with Gasteiger partial charge < -0.3 is 16.0 Å². The Morgan fingerprint density at radius 1 is 1.69 bits per heavy atom. The normalized spacial score (nSPS) is 20.1. The van der Waals surface area contributed by atoms with Crippen LogP contribution < -0.4 is 16.0 Å². The van der Waals surface area contributed by atoms with Crippen LogP contribution in [0.4, 0.5) is 10.8 Å². The number of nitrogen functional groups attached to an aromatic ring is 1. The molecule has 1 aliphatic heterocycles. The molecule has 1 saturated heterocycles. The number of nitrogens with two attached hydrogens (primary N) is 1. The molecule has 1 aromatic rings. The third-order valence-electron chi connectivity index (χ3n) is 2.97. The number of rotatable bonds is 2. The van der Waals surface area contributed by atoms with Crippen LogP contribution in [0.25, 0.3) is 0 Å². The summed E-state index contributed by atoms with van der Waals surface area (Å²) < 4.78 is 4.08. The molecule has 88 valence electrons. The molecule has 1 amide bonds. The Labute approximate surface area is 98.8 Å². The highest BCUT2D eigenvalue weighted by Crippen LogP contribution is 2.35. The first-order chi connectivity index (χ1) is 7.65. The minimum Gasteiger partial charge on any atom is -0.382 e. The van der Waals surface area contributed by atoms with Crippen molar-refractivity contribution in [2.45, 2.75) is 25.8 Å². The second kappa shape index (κ2) is 4.29. The van der Waals surface area contributed by atoms with Crippen LogP contribution in [-0.2, 0) is 0 Å². The largest absolute Gasteiger partial charge is 0.382 e. The molecule has 0 radical (unpaired) electrons. The molecule has 0 saturated carbocycles. The molecule has 1 fully saturated rings. The van der Waals surface area contributed by atoms with Crippen molar-refractivity contribution in [2.75, 3.05) is 24.2 Å². The van der Waals surface area contributed by atoms with Gasteiger partial charge in [0, 0.05) is 19.6 Å². The highest BCUT2D eigenvalue weighted by atomic mass is 32.1. The lowest BCUT2D eigenvalue weighted by Crippen LogP contribution is -2.29. The second-order valence-corrected chi connectivity index (χ2v) is 4.76. The van der Waals surface area contributed by atoms with E-state index in [4.69, 9.17) is 5.73 Å². The second-order valence-electron chi connectivity index (χ2n) is 4.01. The molecule has 3 N–H and O–H groups in total. The minimum absolute atomic E-state index is 0.152. The molecule has 1 aliphatic rings. The average Bonchev–Trinajstić information content (AvgIpc) is 2.83. The lowest BCUT2D eigenvalue weighted by molar-refractivity contribution is 0.0964. The molecule has 5 nitrogen and oxygen atoms in total. The van der Waals surface area contributed by atoms with Crippen LogP contribution in [-0.4, -0.2) is 29.9 Å². The van der Waals surface area contributed by atoms with E-state index in [0.29, 0.717) is 17.4 Å². The third-order valence-corrected chi connectivity index (χ3v) is 3.87. The molecule has 2 heterocycles. The van der Waals surface area contributed by atoms with E-state index in [1.54, 1.807) is 7.05 Å². The van der Waals surface area contributed by atoms with E-state index in [1.807, 2.05) is 0 Å². The molecule has 0 aliphatic carbocycles. The Balaban J connectivity index is 2.37. The highest BCUT2D eigenvalue weighted by molar-refractivity contribution is 7.11. The molecule has 0 bridgehead atoms. The van der Waals surface area contributed by atoms with Gasteiger partial charge in [0.2, 0.25) is 0 Å². The molecule has 6 heteroatoms. The average molecular weight is 240 g/mol. The Morgan fingerprint density at radius 3 is 3.00 bits per heavy atom. The number of anilines is 2. The summed E-state index contributed by atoms with van der Waals surface area (Å²) in [4.78, 5) is 13.9. The van der Waals surface area contributed by atoms with Crippen LogP contribution in [0.15, 0.2) is 0 Å². The molecule has 1 aromatic heterocycles. The summed E-state index contributed by atoms with van der Waals surface area (Å²) in [7, 11) is 1.61. The van der Waals surface area contributed by atoms with E-state index >= 15 is 0 Å². The Hall–Kier alpha value is -1.30. The lowest BCUT2D eigenvalue weighted by Gasteiger charge is -2.22. The van der Waals surface area contributed by atoms with E-state index in [1.165, 1.54) is 11.5 Å². The summed E-state index contributed by atoms with van der Waals surface area (Å²) in [6.45, 7) is 3.14. The number of carbonyl (C=O) groups is 1. The fraction of sp³-hybridized carbons (Fsp3) is 0.600. The van der Waals surface area contributed by atoms with Gasteiger partial charge in [-0.1, -0.05) is 0 Å². The van der Waals surface area contributed by atoms with Gasteiger partial charge in [0.1, 0.15) is 10.6 Å². The van der Waals surface area contributed by atoms with Gasteiger partial charge in [-0.05, 0) is 31.3 Å². The smallest absolute Gasteiger partial charge is 0.257 e. The van der Waals surface area contributed by atoms with E-state index in [-0.39, 0.29) is 5.91 Å². The summed E-state index contributed by atoms with van der Waals surface area (Å²) in [5.41, 5.74) is 6.27. The third kappa shape index (κ3) is 1.73. The van der Waals surface area contributed by atoms with Gasteiger partial charge >= 0.3 is 0 Å². The van der Waals surface area contributed by atoms with E-state index < -0.39 is 0 Å². The zero-order chi connectivity index (χ0) is 11.7. The van der Waals surface area contributed by atoms with Crippen LogP contribution in [0.2, 0.25) is 0 Å². The van der Waals surface area contributed by atoms with Gasteiger partial charge in [-0.15, -0.1) is 0 Å². The maximum Gasteiger partial charge on any atom is 0.257 e. The molecule has 16 heavy (non-hydrogen) atoms. The molecule has 0 spiro atoms. The first-order valence-electron chi connectivity index (χ1n) is 5.39. The summed E-state index contributed by atoms with van der Waals surface area (Å²) in [6.07, 6.45) is 2.32. The predicted octanol–water partition coefficient (Wildman–Crippen LogP) is 1.07. The fourth-order valence-corrected chi connectivity index (χ4v) is 3.00. The summed E-state index contributed by atoms with van der Waals surface area (Å²) in [5.74, 6) is 0.179. The van der Waals surface area contributed by atoms with Crippen LogP contribution in [0, 0.1) is 0 Å². The van der Waals surface area contributed by atoms with Crippen LogP contribution >= 0.6 is 11.5 Å². The minimum atomic E-state index is -0.152. The lowest BCUT2D eigenvalue weighted by atomic mass is 10.2. The molecule has 1 unspecified atom stereocenters. The molecular formula is C10H16N4OS. The van der Waals surface area contributed by atoms with Crippen molar-refractivity contribution in [3.05, 3.63) is 5.56 Å². The zero-order valence-electron chi connectivity index (χ0n) is 9.49. The van der Waals surface area contributed by atoms with Crippen molar-refractivity contribution in [3.63, 3.8) is 0 Å². The van der Waals surface area contributed by atoms with Crippen molar-refractivity contribution < 1.29 is 4.79 Å². The van der Waals surface area contributed by atoms with Gasteiger partial charge in [-0.3, -0.25) is 4.79 Å². The van der Waals surface area contributed by atoms with E-state index in [9.17, 15) is 4.79 Å². The van der Waals surface area contributed by atoms with Crippen molar-refractivity contribution in [1.29, 1.82) is 0 Å². The molecule has 1 atom stereocenters. The Morgan fingerprint density at radius 2 is 2.44 bits per heavy atom. The quantitative estimate of drug-likeness (QED) is 0.811. The van der Waals surface area contributed by atoms with Crippen molar-refractivity contribution >= 4 is 28.3 Å². The Bertz CT molecular complexity index is 404. The van der Waals surface area contributed by atoms with E-state index in [2.05, 4.69) is 21.5 Å². The van der Waals surface area contributed by atoms with Gasteiger partial charge in [-0.25, -0.2) is 0 Å². The maximum atomic E-state index is 11.7. The zero-order valence-corrected chi connectivity index (χ0v) is 10.3. The molecule has 2 rings (SSSR count). The van der Waals surface area contributed by atoms with Crippen LogP contribution in [0.5, 0.6) is 0 Å². The first-order valence-corrected chi connectivity index (χ1v) is 6.16. The summed E-state index contributed by atoms with van der Waals surface area (Å²) in [5, 5.41) is 3.51. The van der Waals surface area contributed by atoms with Crippen LogP contribution in [0.3, 0.4) is 0 Å². The Kier molecular flexibility index (Phi) is 3.00. The monoisotopic (exact) mass is 240 g/mol. The summed E-state index contributed by atoms with van der Waals surface area (Å²) >= 11 is 1.31. The SMILES string of the molecule is CNC(=O)c1c(N)nsc1N1CCCC1C. The number of nitrogens with zero attached hydrogens (tertiary/aromatic N) is 2. The van der Waals surface area contributed by atoms with Crippen molar-refractivity contribution in [3.8, 4) is 0 Å². The number of hydrogen-bond donors (Lipinski definition) is 2.